The smallest absolute Gasteiger partial charge is 0.105 e. The predicted octanol–water partition coefficient (Wildman–Crippen LogP) is 3.64. The summed E-state index contributed by atoms with van der Waals surface area (Å²) >= 11 is 0. The van der Waals surface area contributed by atoms with Gasteiger partial charge in [-0.15, -0.1) is 0 Å². The van der Waals surface area contributed by atoms with Crippen molar-refractivity contribution in [1.29, 1.82) is 0 Å². The third-order valence-electron chi connectivity index (χ3n) is 4.80. The maximum Gasteiger partial charge on any atom is 0.105 e. The summed E-state index contributed by atoms with van der Waals surface area (Å²) in [7, 11) is 0. The average Bonchev–Trinajstić information content (AvgIpc) is 3.11. The standard InChI is InChI=1S/C19H27N3/c1-15-4-6-18(7-5-15)14-19(9-10-19)21-16(2)8-12-22-13-11-20-17(22)3/h4-7,11,13,16,21H,8-10,12,14H2,1-3H3/t16-/m0/s1. The van der Waals surface area contributed by atoms with E-state index < -0.39 is 0 Å². The van der Waals surface area contributed by atoms with Crippen LogP contribution in [0.5, 0.6) is 0 Å². The second-order valence-corrected chi connectivity index (χ2v) is 6.94. The van der Waals surface area contributed by atoms with Crippen LogP contribution in [-0.4, -0.2) is 21.1 Å². The van der Waals surface area contributed by atoms with Crippen LogP contribution in [0.1, 0.15) is 43.1 Å². The molecule has 0 aliphatic heterocycles. The van der Waals surface area contributed by atoms with E-state index in [1.165, 1.54) is 24.0 Å². The van der Waals surface area contributed by atoms with Gasteiger partial charge in [-0.25, -0.2) is 4.98 Å². The number of hydrogen-bond acceptors (Lipinski definition) is 2. The fourth-order valence-electron chi connectivity index (χ4n) is 3.19. The Morgan fingerprint density at radius 1 is 1.23 bits per heavy atom. The SMILES string of the molecule is Cc1ccc(CC2(N[C@@H](C)CCn3ccnc3C)CC2)cc1. The summed E-state index contributed by atoms with van der Waals surface area (Å²) in [5.74, 6) is 1.10. The van der Waals surface area contributed by atoms with Crippen LogP contribution in [-0.2, 0) is 13.0 Å². The van der Waals surface area contributed by atoms with Gasteiger partial charge in [0.25, 0.3) is 0 Å². The molecule has 0 bridgehead atoms. The molecule has 118 valence electrons. The number of aryl methyl sites for hydroxylation is 3. The van der Waals surface area contributed by atoms with Gasteiger partial charge < -0.3 is 9.88 Å². The molecule has 1 aliphatic carbocycles. The summed E-state index contributed by atoms with van der Waals surface area (Å²) in [4.78, 5) is 4.29. The van der Waals surface area contributed by atoms with Gasteiger partial charge in [0.05, 0.1) is 0 Å². The normalized spacial score (nSPS) is 17.4. The molecule has 22 heavy (non-hydrogen) atoms. The zero-order valence-electron chi connectivity index (χ0n) is 14.0. The first-order chi connectivity index (χ1) is 10.6. The molecule has 0 saturated heterocycles. The topological polar surface area (TPSA) is 29.9 Å². The van der Waals surface area contributed by atoms with Crippen LogP contribution >= 0.6 is 0 Å². The van der Waals surface area contributed by atoms with Gasteiger partial charge in [-0.2, -0.15) is 0 Å². The molecule has 1 fully saturated rings. The van der Waals surface area contributed by atoms with Gasteiger partial charge >= 0.3 is 0 Å². The molecule has 1 N–H and O–H groups in total. The number of rotatable bonds is 7. The van der Waals surface area contributed by atoms with Crippen molar-refractivity contribution in [2.24, 2.45) is 0 Å². The number of hydrogen-bond donors (Lipinski definition) is 1. The molecule has 0 unspecified atom stereocenters. The molecule has 1 atom stereocenters. The predicted molar refractivity (Wildman–Crippen MR) is 91.0 cm³/mol. The molecular formula is C19H27N3. The Kier molecular flexibility index (Phi) is 4.34. The molecule has 1 aromatic heterocycles. The lowest BCUT2D eigenvalue weighted by atomic mass is 10.0. The molecule has 3 rings (SSSR count). The van der Waals surface area contributed by atoms with Crippen LogP contribution in [0.3, 0.4) is 0 Å². The third kappa shape index (κ3) is 3.77. The largest absolute Gasteiger partial charge is 0.335 e. The molecule has 0 spiro atoms. The molecule has 3 nitrogen and oxygen atoms in total. The number of nitrogens with one attached hydrogen (secondary N) is 1. The van der Waals surface area contributed by atoms with Crippen LogP contribution in [0, 0.1) is 13.8 Å². The van der Waals surface area contributed by atoms with Crippen molar-refractivity contribution >= 4 is 0 Å². The highest BCUT2D eigenvalue weighted by atomic mass is 15.1. The van der Waals surface area contributed by atoms with Crippen molar-refractivity contribution in [3.05, 3.63) is 53.6 Å². The molecule has 1 aliphatic rings. The van der Waals surface area contributed by atoms with E-state index >= 15 is 0 Å². The summed E-state index contributed by atoms with van der Waals surface area (Å²) < 4.78 is 2.23. The number of aromatic nitrogens is 2. The molecule has 2 aromatic rings. The summed E-state index contributed by atoms with van der Waals surface area (Å²) in [5, 5.41) is 3.88. The van der Waals surface area contributed by atoms with Crippen molar-refractivity contribution < 1.29 is 0 Å². The summed E-state index contributed by atoms with van der Waals surface area (Å²) in [6.07, 6.45) is 8.85. The first kappa shape index (κ1) is 15.3. The summed E-state index contributed by atoms with van der Waals surface area (Å²) in [6.45, 7) is 7.56. The van der Waals surface area contributed by atoms with E-state index in [1.54, 1.807) is 0 Å². The van der Waals surface area contributed by atoms with Crippen molar-refractivity contribution in [3.8, 4) is 0 Å². The second kappa shape index (κ2) is 6.25. The van der Waals surface area contributed by atoms with Crippen molar-refractivity contribution in [2.75, 3.05) is 0 Å². The highest BCUT2D eigenvalue weighted by Crippen LogP contribution is 2.39. The highest BCUT2D eigenvalue weighted by molar-refractivity contribution is 5.25. The molecule has 0 radical (unpaired) electrons. The van der Waals surface area contributed by atoms with E-state index in [0.717, 1.165) is 25.2 Å². The van der Waals surface area contributed by atoms with E-state index in [1.807, 2.05) is 6.20 Å². The Balaban J connectivity index is 1.51. The molecule has 1 saturated carbocycles. The van der Waals surface area contributed by atoms with Gasteiger partial charge in [-0.05, 0) is 52.0 Å². The minimum atomic E-state index is 0.346. The molecular weight excluding hydrogens is 270 g/mol. The Morgan fingerprint density at radius 3 is 2.55 bits per heavy atom. The van der Waals surface area contributed by atoms with Gasteiger partial charge in [0, 0.05) is 30.5 Å². The maximum absolute atomic E-state index is 4.29. The fourth-order valence-corrected chi connectivity index (χ4v) is 3.19. The van der Waals surface area contributed by atoms with E-state index in [0.29, 0.717) is 11.6 Å². The fraction of sp³-hybridized carbons (Fsp3) is 0.526. The zero-order chi connectivity index (χ0) is 15.6. The van der Waals surface area contributed by atoms with E-state index in [9.17, 15) is 0 Å². The van der Waals surface area contributed by atoms with Gasteiger partial charge in [-0.3, -0.25) is 0 Å². The monoisotopic (exact) mass is 297 g/mol. The summed E-state index contributed by atoms with van der Waals surface area (Å²) in [5.41, 5.74) is 3.14. The number of nitrogens with zero attached hydrogens (tertiary/aromatic N) is 2. The molecule has 1 aromatic carbocycles. The maximum atomic E-state index is 4.29. The van der Waals surface area contributed by atoms with E-state index in [4.69, 9.17) is 0 Å². The number of imidazole rings is 1. The van der Waals surface area contributed by atoms with E-state index in [2.05, 4.69) is 66.1 Å². The first-order valence-electron chi connectivity index (χ1n) is 8.37. The Bertz CT molecular complexity index is 608. The molecule has 3 heteroatoms. The average molecular weight is 297 g/mol. The minimum absolute atomic E-state index is 0.346. The van der Waals surface area contributed by atoms with Gasteiger partial charge in [-0.1, -0.05) is 29.8 Å². The molecule has 0 amide bonds. The van der Waals surface area contributed by atoms with Gasteiger partial charge in [0.2, 0.25) is 0 Å². The Labute approximate surface area is 133 Å². The van der Waals surface area contributed by atoms with Gasteiger partial charge in [0.15, 0.2) is 0 Å². The van der Waals surface area contributed by atoms with Crippen LogP contribution in [0.4, 0.5) is 0 Å². The lowest BCUT2D eigenvalue weighted by Crippen LogP contribution is -2.40. The van der Waals surface area contributed by atoms with Crippen molar-refractivity contribution in [3.63, 3.8) is 0 Å². The first-order valence-corrected chi connectivity index (χ1v) is 8.37. The Morgan fingerprint density at radius 2 is 1.95 bits per heavy atom. The van der Waals surface area contributed by atoms with Crippen molar-refractivity contribution in [1.82, 2.24) is 14.9 Å². The Hall–Kier alpha value is -1.61. The highest BCUT2D eigenvalue weighted by Gasteiger charge is 2.42. The number of benzene rings is 1. The van der Waals surface area contributed by atoms with Crippen LogP contribution < -0.4 is 5.32 Å². The van der Waals surface area contributed by atoms with Crippen LogP contribution in [0.25, 0.3) is 0 Å². The van der Waals surface area contributed by atoms with E-state index in [-0.39, 0.29) is 0 Å². The third-order valence-corrected chi connectivity index (χ3v) is 4.80. The zero-order valence-corrected chi connectivity index (χ0v) is 14.0. The quantitative estimate of drug-likeness (QED) is 0.845. The second-order valence-electron chi connectivity index (χ2n) is 6.94. The molecule has 1 heterocycles. The van der Waals surface area contributed by atoms with Crippen molar-refractivity contribution in [2.45, 2.75) is 64.6 Å². The summed E-state index contributed by atoms with van der Waals surface area (Å²) in [6, 6.07) is 9.52. The van der Waals surface area contributed by atoms with Crippen LogP contribution in [0.15, 0.2) is 36.7 Å². The van der Waals surface area contributed by atoms with Crippen LogP contribution in [0.2, 0.25) is 0 Å². The van der Waals surface area contributed by atoms with Gasteiger partial charge in [0.1, 0.15) is 5.82 Å². The minimum Gasteiger partial charge on any atom is -0.335 e. The lowest BCUT2D eigenvalue weighted by Gasteiger charge is -2.23. The lowest BCUT2D eigenvalue weighted by molar-refractivity contribution is 0.392.